The fraction of sp³-hybridized carbons (Fsp3) is 0.435. The molecule has 7 heteroatoms. The Balaban J connectivity index is 1.48. The second-order valence-electron chi connectivity index (χ2n) is 8.05. The van der Waals surface area contributed by atoms with E-state index in [1.54, 1.807) is 13.0 Å². The number of fused-ring (bicyclic) bond motifs is 4. The second-order valence-corrected chi connectivity index (χ2v) is 8.43. The largest absolute Gasteiger partial charge is 0.464 e. The number of hydrogen-bond acceptors (Lipinski definition) is 4. The van der Waals surface area contributed by atoms with Gasteiger partial charge in [-0.05, 0) is 43.1 Å². The van der Waals surface area contributed by atoms with Gasteiger partial charge in [0, 0.05) is 43.7 Å². The van der Waals surface area contributed by atoms with E-state index in [0.717, 1.165) is 37.3 Å². The molecule has 4 rings (SSSR count). The molecule has 2 bridgehead atoms. The lowest BCUT2D eigenvalue weighted by atomic mass is 9.83. The van der Waals surface area contributed by atoms with Gasteiger partial charge in [-0.2, -0.15) is 0 Å². The average Bonchev–Trinajstić information content (AvgIpc) is 2.75. The molecule has 158 valence electrons. The number of nitrogens with zero attached hydrogens (tertiary/aromatic N) is 2. The van der Waals surface area contributed by atoms with Crippen molar-refractivity contribution in [3.8, 4) is 0 Å². The second kappa shape index (κ2) is 9.00. The first-order chi connectivity index (χ1) is 14.5. The fourth-order valence-corrected chi connectivity index (χ4v) is 4.88. The Hall–Kier alpha value is -2.67. The van der Waals surface area contributed by atoms with Crippen LogP contribution in [-0.4, -0.2) is 46.3 Å². The van der Waals surface area contributed by atoms with Gasteiger partial charge in [0.1, 0.15) is 6.04 Å². The van der Waals surface area contributed by atoms with Crippen molar-refractivity contribution in [1.29, 1.82) is 0 Å². The topological polar surface area (TPSA) is 63.6 Å². The number of hydrogen-bond donors (Lipinski definition) is 1. The van der Waals surface area contributed by atoms with E-state index < -0.39 is 6.04 Å². The van der Waals surface area contributed by atoms with E-state index >= 15 is 0 Å². The number of esters is 1. The van der Waals surface area contributed by atoms with Gasteiger partial charge in [-0.3, -0.25) is 4.79 Å². The predicted molar refractivity (Wildman–Crippen MR) is 119 cm³/mol. The van der Waals surface area contributed by atoms with Gasteiger partial charge in [0.05, 0.1) is 6.61 Å². The maximum Gasteiger partial charge on any atom is 0.328 e. The van der Waals surface area contributed by atoms with Gasteiger partial charge >= 0.3 is 5.97 Å². The van der Waals surface area contributed by atoms with Gasteiger partial charge in [-0.15, -0.1) is 0 Å². The smallest absolute Gasteiger partial charge is 0.328 e. The van der Waals surface area contributed by atoms with E-state index in [-0.39, 0.29) is 17.4 Å². The molecule has 0 saturated carbocycles. The highest BCUT2D eigenvalue weighted by Crippen LogP contribution is 2.34. The molecule has 0 spiro atoms. The number of benzene rings is 1. The molecule has 2 aliphatic rings. The van der Waals surface area contributed by atoms with Crippen molar-refractivity contribution in [2.75, 3.05) is 19.7 Å². The summed E-state index contributed by atoms with van der Waals surface area (Å²) in [5, 5.41) is 3.83. The average molecular weight is 426 g/mol. The molecular weight excluding hydrogens is 398 g/mol. The summed E-state index contributed by atoms with van der Waals surface area (Å²) in [6.07, 6.45) is 1.58. The standard InChI is InChI=1S/C23H27N3O3S/c1-2-29-22(28)19(12-16-7-4-3-5-8-16)24-23(30)25-13-17-11-18(15-25)20-9-6-10-21(27)26(20)14-17/h3-10,17-19H,2,11-15H2,1H3,(H,24,30)/t17-,18-,19-/m0/s1. The third-order valence-corrected chi connectivity index (χ3v) is 6.29. The number of nitrogens with one attached hydrogen (secondary N) is 1. The van der Waals surface area contributed by atoms with Crippen molar-refractivity contribution in [2.24, 2.45) is 5.92 Å². The zero-order valence-electron chi connectivity index (χ0n) is 17.1. The number of piperidine rings is 1. The third kappa shape index (κ3) is 4.41. The summed E-state index contributed by atoms with van der Waals surface area (Å²) in [7, 11) is 0. The lowest BCUT2D eigenvalue weighted by molar-refractivity contribution is -0.145. The van der Waals surface area contributed by atoms with Crippen LogP contribution < -0.4 is 10.9 Å². The van der Waals surface area contributed by atoms with E-state index in [1.807, 2.05) is 47.0 Å². The lowest BCUT2D eigenvalue weighted by Crippen LogP contribution is -2.55. The Morgan fingerprint density at radius 1 is 1.17 bits per heavy atom. The molecule has 1 N–H and O–H groups in total. The monoisotopic (exact) mass is 425 g/mol. The van der Waals surface area contributed by atoms with Crippen LogP contribution in [-0.2, 0) is 22.5 Å². The molecule has 1 saturated heterocycles. The number of thiocarbonyl (C=S) groups is 1. The van der Waals surface area contributed by atoms with Crippen LogP contribution in [0.25, 0.3) is 0 Å². The molecule has 0 radical (unpaired) electrons. The third-order valence-electron chi connectivity index (χ3n) is 5.92. The van der Waals surface area contributed by atoms with Crippen LogP contribution in [0, 0.1) is 5.92 Å². The minimum absolute atomic E-state index is 0.0709. The Labute approximate surface area is 181 Å². The van der Waals surface area contributed by atoms with Crippen LogP contribution in [0.3, 0.4) is 0 Å². The van der Waals surface area contributed by atoms with Gasteiger partial charge < -0.3 is 19.5 Å². The maximum atomic E-state index is 12.6. The van der Waals surface area contributed by atoms with Gasteiger partial charge in [0.2, 0.25) is 0 Å². The molecule has 3 heterocycles. The van der Waals surface area contributed by atoms with Crippen LogP contribution >= 0.6 is 12.2 Å². The van der Waals surface area contributed by atoms with Gasteiger partial charge in [-0.1, -0.05) is 36.4 Å². The fourth-order valence-electron chi connectivity index (χ4n) is 4.59. The van der Waals surface area contributed by atoms with E-state index in [0.29, 0.717) is 24.1 Å². The number of pyridine rings is 1. The van der Waals surface area contributed by atoms with Crippen LogP contribution in [0.4, 0.5) is 0 Å². The Kier molecular flexibility index (Phi) is 6.18. The SMILES string of the molecule is CCOC(=O)[C@H](Cc1ccccc1)NC(=S)N1C[C@@H]2C[C@@H](C1)c1cccc(=O)n1C2. The Morgan fingerprint density at radius 3 is 2.73 bits per heavy atom. The van der Waals surface area contributed by atoms with Crippen molar-refractivity contribution in [3.05, 3.63) is 70.1 Å². The highest BCUT2D eigenvalue weighted by Gasteiger charge is 2.36. The van der Waals surface area contributed by atoms with Crippen LogP contribution in [0.5, 0.6) is 0 Å². The molecule has 0 aliphatic carbocycles. The van der Waals surface area contributed by atoms with Crippen LogP contribution in [0.1, 0.15) is 30.5 Å². The molecular formula is C23H27N3O3S. The van der Waals surface area contributed by atoms with Gasteiger partial charge in [-0.25, -0.2) is 4.79 Å². The van der Waals surface area contributed by atoms with Crippen molar-refractivity contribution in [3.63, 3.8) is 0 Å². The summed E-state index contributed by atoms with van der Waals surface area (Å²) in [4.78, 5) is 26.9. The first kappa shape index (κ1) is 20.6. The summed E-state index contributed by atoms with van der Waals surface area (Å²) in [6, 6.07) is 14.8. The van der Waals surface area contributed by atoms with Crippen LogP contribution in [0.15, 0.2) is 53.3 Å². The van der Waals surface area contributed by atoms with Crippen LogP contribution in [0.2, 0.25) is 0 Å². The highest BCUT2D eigenvalue weighted by molar-refractivity contribution is 7.80. The number of carbonyl (C=O) groups excluding carboxylic acids is 1. The van der Waals surface area contributed by atoms with Crippen molar-refractivity contribution >= 4 is 23.3 Å². The molecule has 0 unspecified atom stereocenters. The van der Waals surface area contributed by atoms with Gasteiger partial charge in [0.15, 0.2) is 5.11 Å². The molecule has 2 aromatic rings. The lowest BCUT2D eigenvalue weighted by Gasteiger charge is -2.44. The maximum absolute atomic E-state index is 12.6. The van der Waals surface area contributed by atoms with E-state index in [9.17, 15) is 9.59 Å². The molecule has 1 aromatic carbocycles. The number of aromatic nitrogens is 1. The minimum atomic E-state index is -0.531. The number of likely N-dealkylation sites (tertiary alicyclic amines) is 1. The summed E-state index contributed by atoms with van der Waals surface area (Å²) < 4.78 is 7.19. The van der Waals surface area contributed by atoms with E-state index in [2.05, 4.69) is 10.2 Å². The molecule has 6 nitrogen and oxygen atoms in total. The first-order valence-corrected chi connectivity index (χ1v) is 10.9. The Morgan fingerprint density at radius 2 is 1.97 bits per heavy atom. The van der Waals surface area contributed by atoms with E-state index in [4.69, 9.17) is 17.0 Å². The summed E-state index contributed by atoms with van der Waals surface area (Å²) in [5.41, 5.74) is 2.20. The molecule has 1 fully saturated rings. The molecule has 2 aliphatic heterocycles. The zero-order valence-corrected chi connectivity index (χ0v) is 17.9. The highest BCUT2D eigenvalue weighted by atomic mass is 32.1. The summed E-state index contributed by atoms with van der Waals surface area (Å²) >= 11 is 5.71. The number of ether oxygens (including phenoxy) is 1. The summed E-state index contributed by atoms with van der Waals surface area (Å²) in [5.74, 6) is 0.338. The van der Waals surface area contributed by atoms with E-state index in [1.165, 1.54) is 0 Å². The molecule has 1 aromatic heterocycles. The molecule has 30 heavy (non-hydrogen) atoms. The predicted octanol–water partition coefficient (Wildman–Crippen LogP) is 2.32. The van der Waals surface area contributed by atoms with Crippen molar-refractivity contribution < 1.29 is 9.53 Å². The quantitative estimate of drug-likeness (QED) is 0.586. The minimum Gasteiger partial charge on any atom is -0.464 e. The molecule has 0 amide bonds. The first-order valence-electron chi connectivity index (χ1n) is 10.5. The summed E-state index contributed by atoms with van der Waals surface area (Å²) in [6.45, 7) is 4.38. The normalized spacial score (nSPS) is 20.8. The van der Waals surface area contributed by atoms with Crippen molar-refractivity contribution in [1.82, 2.24) is 14.8 Å². The number of rotatable bonds is 5. The Bertz CT molecular complexity index is 975. The number of carbonyl (C=O) groups is 1. The zero-order chi connectivity index (χ0) is 21.1. The van der Waals surface area contributed by atoms with Crippen molar-refractivity contribution in [2.45, 2.75) is 38.3 Å². The molecule has 3 atom stereocenters. The van der Waals surface area contributed by atoms with Gasteiger partial charge in [0.25, 0.3) is 5.56 Å².